The fraction of sp³-hybridized carbons (Fsp3) is 0.556. The molecular formula is C18H21NO4. The number of hydrogen-bond acceptors (Lipinski definition) is 5. The van der Waals surface area contributed by atoms with Gasteiger partial charge in [0.05, 0.1) is 12.5 Å². The predicted molar refractivity (Wildman–Crippen MR) is 83.9 cm³/mol. The summed E-state index contributed by atoms with van der Waals surface area (Å²) < 4.78 is 11.7. The van der Waals surface area contributed by atoms with E-state index in [2.05, 4.69) is 18.0 Å². The van der Waals surface area contributed by atoms with Crippen molar-refractivity contribution in [3.05, 3.63) is 35.4 Å². The molecule has 5 atom stereocenters. The molecule has 2 aliphatic carbocycles. The zero-order chi connectivity index (χ0) is 16.0. The molecule has 5 heteroatoms. The van der Waals surface area contributed by atoms with Crippen LogP contribution in [0.1, 0.15) is 17.5 Å². The Morgan fingerprint density at radius 3 is 3.00 bits per heavy atom. The summed E-state index contributed by atoms with van der Waals surface area (Å²) in [6.07, 6.45) is 3.86. The molecule has 2 aliphatic heterocycles. The van der Waals surface area contributed by atoms with Crippen molar-refractivity contribution >= 4 is 0 Å². The molecule has 1 saturated heterocycles. The normalized spacial score (nSPS) is 43.0. The lowest BCUT2D eigenvalue weighted by atomic mass is 9.50. The van der Waals surface area contributed by atoms with E-state index < -0.39 is 23.2 Å². The fourth-order valence-electron chi connectivity index (χ4n) is 5.44. The molecule has 2 N–H and O–H groups in total. The SMILES string of the molecule is COc1ccc2c3c1OC1C(O)C=CC4(O)[C@@H](C2)N(C)CC[C@]314. The summed E-state index contributed by atoms with van der Waals surface area (Å²) in [5.41, 5.74) is 0.647. The highest BCUT2D eigenvalue weighted by Gasteiger charge is 2.71. The quantitative estimate of drug-likeness (QED) is 0.744. The lowest BCUT2D eigenvalue weighted by Crippen LogP contribution is -2.75. The lowest BCUT2D eigenvalue weighted by Gasteiger charge is -2.61. The molecule has 23 heavy (non-hydrogen) atoms. The predicted octanol–water partition coefficient (Wildman–Crippen LogP) is 0.616. The third kappa shape index (κ3) is 1.32. The van der Waals surface area contributed by atoms with E-state index in [0.717, 1.165) is 24.9 Å². The third-order valence-electron chi connectivity index (χ3n) is 6.49. The average Bonchev–Trinajstić information content (AvgIpc) is 2.90. The van der Waals surface area contributed by atoms with Crippen LogP contribution < -0.4 is 9.47 Å². The highest BCUT2D eigenvalue weighted by atomic mass is 16.5. The van der Waals surface area contributed by atoms with Crippen LogP contribution in [0.25, 0.3) is 0 Å². The first-order valence-corrected chi connectivity index (χ1v) is 8.20. The summed E-state index contributed by atoms with van der Waals surface area (Å²) in [6, 6.07) is 4.02. The molecule has 3 unspecified atom stereocenters. The largest absolute Gasteiger partial charge is 0.493 e. The van der Waals surface area contributed by atoms with E-state index in [4.69, 9.17) is 9.47 Å². The molecule has 5 nitrogen and oxygen atoms in total. The smallest absolute Gasteiger partial charge is 0.166 e. The second-order valence-corrected chi connectivity index (χ2v) is 7.27. The van der Waals surface area contributed by atoms with Crippen LogP contribution in [0.3, 0.4) is 0 Å². The minimum absolute atomic E-state index is 0.00190. The maximum atomic E-state index is 11.7. The molecule has 5 rings (SSSR count). The van der Waals surface area contributed by atoms with Gasteiger partial charge in [0.1, 0.15) is 17.8 Å². The molecule has 1 fully saturated rings. The Labute approximate surface area is 135 Å². The van der Waals surface area contributed by atoms with E-state index >= 15 is 0 Å². The van der Waals surface area contributed by atoms with Crippen molar-refractivity contribution in [2.75, 3.05) is 20.7 Å². The van der Waals surface area contributed by atoms with E-state index in [-0.39, 0.29) is 6.04 Å². The van der Waals surface area contributed by atoms with E-state index in [1.807, 2.05) is 12.1 Å². The van der Waals surface area contributed by atoms with Gasteiger partial charge in [-0.2, -0.15) is 0 Å². The second-order valence-electron chi connectivity index (χ2n) is 7.27. The summed E-state index contributed by atoms with van der Waals surface area (Å²) in [5, 5.41) is 22.3. The van der Waals surface area contributed by atoms with Gasteiger partial charge in [-0.05, 0) is 38.1 Å². The lowest BCUT2D eigenvalue weighted by molar-refractivity contribution is -0.151. The standard InChI is InChI=1S/C18H21NO4/c1-19-8-7-17-14-10-3-4-12(22-2)15(14)23-16(17)11(20)5-6-18(17,21)13(19)9-10/h3-6,11,13,16,20-21H,7-9H2,1-2H3/t11?,13-,16?,17+,18?/m1/s1. The number of likely N-dealkylation sites (tertiary alicyclic amines) is 1. The van der Waals surface area contributed by atoms with Gasteiger partial charge in [-0.15, -0.1) is 0 Å². The van der Waals surface area contributed by atoms with Gasteiger partial charge in [0.15, 0.2) is 11.5 Å². The number of likely N-dealkylation sites (N-methyl/N-ethyl adjacent to an activating group) is 1. The molecule has 0 saturated carbocycles. The number of ether oxygens (including phenoxy) is 2. The van der Waals surface area contributed by atoms with E-state index in [9.17, 15) is 10.2 Å². The molecule has 1 spiro atoms. The maximum absolute atomic E-state index is 11.7. The van der Waals surface area contributed by atoms with Crippen LogP contribution in [0.4, 0.5) is 0 Å². The minimum Gasteiger partial charge on any atom is -0.493 e. The van der Waals surface area contributed by atoms with Gasteiger partial charge in [-0.1, -0.05) is 18.2 Å². The van der Waals surface area contributed by atoms with Crippen molar-refractivity contribution in [3.8, 4) is 11.5 Å². The number of rotatable bonds is 1. The van der Waals surface area contributed by atoms with Crippen molar-refractivity contribution in [2.24, 2.45) is 0 Å². The van der Waals surface area contributed by atoms with Crippen molar-refractivity contribution in [2.45, 2.75) is 42.1 Å². The molecule has 0 amide bonds. The highest BCUT2D eigenvalue weighted by molar-refractivity contribution is 5.64. The Morgan fingerprint density at radius 2 is 2.22 bits per heavy atom. The Balaban J connectivity index is 1.87. The van der Waals surface area contributed by atoms with Gasteiger partial charge < -0.3 is 19.7 Å². The van der Waals surface area contributed by atoms with Crippen LogP contribution in [0, 0.1) is 0 Å². The third-order valence-corrected chi connectivity index (χ3v) is 6.49. The summed E-state index contributed by atoms with van der Waals surface area (Å²) in [5.74, 6) is 1.39. The van der Waals surface area contributed by atoms with Gasteiger partial charge in [0.25, 0.3) is 0 Å². The number of hydrogen-bond donors (Lipinski definition) is 2. The Morgan fingerprint density at radius 1 is 1.39 bits per heavy atom. The first-order valence-electron chi connectivity index (χ1n) is 8.20. The molecule has 1 aromatic carbocycles. The Kier molecular flexibility index (Phi) is 2.46. The van der Waals surface area contributed by atoms with Gasteiger partial charge in [-0.25, -0.2) is 0 Å². The molecule has 0 aromatic heterocycles. The van der Waals surface area contributed by atoms with E-state index in [0.29, 0.717) is 11.5 Å². The molecule has 2 heterocycles. The summed E-state index contributed by atoms with van der Waals surface area (Å²) in [6.45, 7) is 0.878. The highest BCUT2D eigenvalue weighted by Crippen LogP contribution is 2.63. The number of nitrogens with zero attached hydrogens (tertiary/aromatic N) is 1. The molecule has 2 bridgehead atoms. The van der Waals surface area contributed by atoms with Crippen molar-refractivity contribution in [1.29, 1.82) is 0 Å². The van der Waals surface area contributed by atoms with E-state index in [1.165, 1.54) is 5.56 Å². The molecular weight excluding hydrogens is 294 g/mol. The van der Waals surface area contributed by atoms with Crippen molar-refractivity contribution < 1.29 is 19.7 Å². The Bertz CT molecular complexity index is 732. The van der Waals surface area contributed by atoms with Crippen LogP contribution in [0.15, 0.2) is 24.3 Å². The number of piperidine rings is 1. The van der Waals surface area contributed by atoms with Gasteiger partial charge in [-0.3, -0.25) is 4.90 Å². The van der Waals surface area contributed by atoms with Crippen LogP contribution in [0.2, 0.25) is 0 Å². The monoisotopic (exact) mass is 315 g/mol. The topological polar surface area (TPSA) is 62.2 Å². The number of aliphatic hydroxyl groups is 2. The van der Waals surface area contributed by atoms with E-state index in [1.54, 1.807) is 13.2 Å². The summed E-state index contributed by atoms with van der Waals surface area (Å²) in [4.78, 5) is 2.23. The van der Waals surface area contributed by atoms with Crippen LogP contribution >= 0.6 is 0 Å². The van der Waals surface area contributed by atoms with Crippen molar-refractivity contribution in [3.63, 3.8) is 0 Å². The van der Waals surface area contributed by atoms with Crippen LogP contribution in [0.5, 0.6) is 11.5 Å². The number of methoxy groups -OCH3 is 1. The van der Waals surface area contributed by atoms with Gasteiger partial charge >= 0.3 is 0 Å². The van der Waals surface area contributed by atoms with Crippen LogP contribution in [-0.4, -0.2) is 59.7 Å². The first-order chi connectivity index (χ1) is 11.0. The zero-order valence-electron chi connectivity index (χ0n) is 13.3. The molecule has 1 aromatic rings. The van der Waals surface area contributed by atoms with Crippen LogP contribution in [-0.2, 0) is 11.8 Å². The zero-order valence-corrected chi connectivity index (χ0v) is 13.3. The number of benzene rings is 1. The van der Waals surface area contributed by atoms with Gasteiger partial charge in [0.2, 0.25) is 0 Å². The summed E-state index contributed by atoms with van der Waals surface area (Å²) >= 11 is 0. The average molecular weight is 315 g/mol. The summed E-state index contributed by atoms with van der Waals surface area (Å²) in [7, 11) is 3.69. The molecule has 0 radical (unpaired) electrons. The maximum Gasteiger partial charge on any atom is 0.166 e. The second kappa shape index (κ2) is 4.09. The molecule has 122 valence electrons. The fourth-order valence-corrected chi connectivity index (χ4v) is 5.44. The van der Waals surface area contributed by atoms with Gasteiger partial charge in [0, 0.05) is 11.6 Å². The first kappa shape index (κ1) is 13.8. The Hall–Kier alpha value is -1.56. The van der Waals surface area contributed by atoms with Crippen molar-refractivity contribution in [1.82, 2.24) is 4.90 Å². The number of aliphatic hydroxyl groups excluding tert-OH is 1. The minimum atomic E-state index is -1.02. The molecule has 4 aliphatic rings.